The maximum Gasteiger partial charge on any atom is 0.309 e. The SMILES string of the molecule is COc1cc(/C=C/C(=O)NCC(C)(C)OCCC(C)(C)C(=O)O)c([N+](=O)[O-])cc1OC. The van der Waals surface area contributed by atoms with Crippen molar-refractivity contribution in [2.45, 2.75) is 39.7 Å². The molecular formula is C21H30N2O8. The molecule has 1 rings (SSSR count). The number of carboxylic acid groups (broad SMARTS) is 1. The zero-order chi connectivity index (χ0) is 23.8. The zero-order valence-electron chi connectivity index (χ0n) is 18.7. The number of nitro benzene ring substituents is 1. The molecule has 31 heavy (non-hydrogen) atoms. The molecule has 10 nitrogen and oxygen atoms in total. The lowest BCUT2D eigenvalue weighted by molar-refractivity contribution is -0.385. The van der Waals surface area contributed by atoms with Crippen LogP contribution in [0.2, 0.25) is 0 Å². The van der Waals surface area contributed by atoms with Crippen LogP contribution in [-0.4, -0.2) is 54.9 Å². The highest BCUT2D eigenvalue weighted by molar-refractivity contribution is 5.92. The molecule has 10 heteroatoms. The minimum Gasteiger partial charge on any atom is -0.493 e. The van der Waals surface area contributed by atoms with Gasteiger partial charge in [-0.2, -0.15) is 0 Å². The first-order chi connectivity index (χ1) is 14.3. The molecule has 0 bridgehead atoms. The Morgan fingerprint density at radius 1 is 1.16 bits per heavy atom. The van der Waals surface area contributed by atoms with Crippen molar-refractivity contribution in [3.8, 4) is 11.5 Å². The Morgan fingerprint density at radius 3 is 2.26 bits per heavy atom. The van der Waals surface area contributed by atoms with Gasteiger partial charge >= 0.3 is 5.97 Å². The van der Waals surface area contributed by atoms with Gasteiger partial charge in [-0.25, -0.2) is 0 Å². The van der Waals surface area contributed by atoms with E-state index in [4.69, 9.17) is 19.3 Å². The van der Waals surface area contributed by atoms with E-state index in [0.29, 0.717) is 12.2 Å². The maximum atomic E-state index is 12.2. The first-order valence-corrected chi connectivity index (χ1v) is 9.56. The largest absolute Gasteiger partial charge is 0.493 e. The fourth-order valence-electron chi connectivity index (χ4n) is 2.44. The maximum absolute atomic E-state index is 12.2. The molecule has 0 heterocycles. The van der Waals surface area contributed by atoms with Crippen LogP contribution in [0.1, 0.15) is 39.7 Å². The van der Waals surface area contributed by atoms with Gasteiger partial charge in [0, 0.05) is 19.2 Å². The second kappa shape index (κ2) is 10.8. The quantitative estimate of drug-likeness (QED) is 0.289. The van der Waals surface area contributed by atoms with Gasteiger partial charge in [-0.15, -0.1) is 0 Å². The van der Waals surface area contributed by atoms with Gasteiger partial charge in [0.15, 0.2) is 11.5 Å². The van der Waals surface area contributed by atoms with Crippen molar-refractivity contribution in [1.29, 1.82) is 0 Å². The average Bonchev–Trinajstić information content (AvgIpc) is 2.69. The summed E-state index contributed by atoms with van der Waals surface area (Å²) in [7, 11) is 2.78. The van der Waals surface area contributed by atoms with E-state index in [2.05, 4.69) is 5.32 Å². The van der Waals surface area contributed by atoms with Crippen molar-refractivity contribution in [1.82, 2.24) is 5.32 Å². The summed E-state index contributed by atoms with van der Waals surface area (Å²) in [4.78, 5) is 34.1. The third-order valence-electron chi connectivity index (χ3n) is 4.63. The van der Waals surface area contributed by atoms with Crippen molar-refractivity contribution in [2.75, 3.05) is 27.4 Å². The molecule has 0 spiro atoms. The normalized spacial score (nSPS) is 11.9. The summed E-state index contributed by atoms with van der Waals surface area (Å²) in [5, 5.41) is 23.1. The van der Waals surface area contributed by atoms with E-state index in [1.54, 1.807) is 27.7 Å². The van der Waals surface area contributed by atoms with E-state index in [1.807, 2.05) is 0 Å². The highest BCUT2D eigenvalue weighted by atomic mass is 16.6. The third-order valence-corrected chi connectivity index (χ3v) is 4.63. The van der Waals surface area contributed by atoms with Gasteiger partial charge in [-0.3, -0.25) is 19.7 Å². The third kappa shape index (κ3) is 7.89. The summed E-state index contributed by atoms with van der Waals surface area (Å²) in [6.45, 7) is 7.15. The molecule has 0 fully saturated rings. The Hall–Kier alpha value is -3.14. The Bertz CT molecular complexity index is 846. The summed E-state index contributed by atoms with van der Waals surface area (Å²) < 4.78 is 15.9. The minimum atomic E-state index is -0.907. The first kappa shape index (κ1) is 25.9. The Kier molecular flexibility index (Phi) is 8.99. The van der Waals surface area contributed by atoms with Crippen LogP contribution in [-0.2, 0) is 14.3 Å². The number of rotatable bonds is 12. The van der Waals surface area contributed by atoms with Crippen LogP contribution in [0.4, 0.5) is 5.69 Å². The van der Waals surface area contributed by atoms with Gasteiger partial charge < -0.3 is 24.6 Å². The predicted octanol–water partition coefficient (Wildman–Crippen LogP) is 3.04. The van der Waals surface area contributed by atoms with E-state index in [-0.39, 0.29) is 30.2 Å². The van der Waals surface area contributed by atoms with Crippen LogP contribution < -0.4 is 14.8 Å². The monoisotopic (exact) mass is 438 g/mol. The van der Waals surface area contributed by atoms with Gasteiger partial charge in [-0.05, 0) is 46.3 Å². The van der Waals surface area contributed by atoms with Gasteiger partial charge in [0.2, 0.25) is 5.91 Å². The summed E-state index contributed by atoms with van der Waals surface area (Å²) >= 11 is 0. The summed E-state index contributed by atoms with van der Waals surface area (Å²) in [6.07, 6.45) is 2.82. The Morgan fingerprint density at radius 2 is 1.74 bits per heavy atom. The van der Waals surface area contributed by atoms with Gasteiger partial charge in [0.25, 0.3) is 5.69 Å². The van der Waals surface area contributed by atoms with Crippen LogP contribution in [0.5, 0.6) is 11.5 Å². The number of carbonyl (C=O) groups excluding carboxylic acids is 1. The van der Waals surface area contributed by atoms with Gasteiger partial charge in [0.1, 0.15) is 0 Å². The second-order valence-electron chi connectivity index (χ2n) is 8.12. The van der Waals surface area contributed by atoms with E-state index in [1.165, 1.54) is 38.5 Å². The van der Waals surface area contributed by atoms with Crippen LogP contribution in [0, 0.1) is 15.5 Å². The molecule has 0 aliphatic carbocycles. The molecule has 0 radical (unpaired) electrons. The number of nitrogens with one attached hydrogen (secondary N) is 1. The van der Waals surface area contributed by atoms with Gasteiger partial charge in [-0.1, -0.05) is 0 Å². The van der Waals surface area contributed by atoms with E-state index < -0.39 is 27.8 Å². The lowest BCUT2D eigenvalue weighted by Crippen LogP contribution is -2.40. The summed E-state index contributed by atoms with van der Waals surface area (Å²) in [5.41, 5.74) is -1.68. The summed E-state index contributed by atoms with van der Waals surface area (Å²) in [5.74, 6) is -0.865. The highest BCUT2D eigenvalue weighted by Gasteiger charge is 2.28. The minimum absolute atomic E-state index is 0.164. The molecule has 0 atom stereocenters. The molecule has 0 aromatic heterocycles. The topological polar surface area (TPSA) is 137 Å². The van der Waals surface area contributed by atoms with E-state index in [0.717, 1.165) is 0 Å². The van der Waals surface area contributed by atoms with Gasteiger partial charge in [0.05, 0.1) is 41.8 Å². The number of benzene rings is 1. The van der Waals surface area contributed by atoms with Crippen LogP contribution >= 0.6 is 0 Å². The zero-order valence-corrected chi connectivity index (χ0v) is 18.7. The average molecular weight is 438 g/mol. The van der Waals surface area contributed by atoms with E-state index in [9.17, 15) is 19.7 Å². The number of carbonyl (C=O) groups is 2. The van der Waals surface area contributed by atoms with Crippen molar-refractivity contribution < 1.29 is 33.8 Å². The Balaban J connectivity index is 2.75. The van der Waals surface area contributed by atoms with Crippen LogP contribution in [0.15, 0.2) is 18.2 Å². The Labute approximate surface area is 181 Å². The molecular weight excluding hydrogens is 408 g/mol. The molecule has 172 valence electrons. The first-order valence-electron chi connectivity index (χ1n) is 9.56. The number of hydrogen-bond donors (Lipinski definition) is 2. The standard InChI is InChI=1S/C21H30N2O8/c1-20(2,19(25)26)9-10-31-21(3,4)13-22-18(24)8-7-14-11-16(29-5)17(30-6)12-15(14)23(27)28/h7-8,11-12H,9-10,13H2,1-6H3,(H,22,24)(H,25,26)/b8-7+. The number of amides is 1. The van der Waals surface area contributed by atoms with Crippen LogP contribution in [0.3, 0.4) is 0 Å². The fraction of sp³-hybridized carbons (Fsp3) is 0.524. The smallest absolute Gasteiger partial charge is 0.309 e. The number of nitro groups is 1. The molecule has 1 aromatic carbocycles. The van der Waals surface area contributed by atoms with Crippen molar-refractivity contribution >= 4 is 23.6 Å². The number of carboxylic acids is 1. The van der Waals surface area contributed by atoms with Crippen LogP contribution in [0.25, 0.3) is 6.08 Å². The van der Waals surface area contributed by atoms with Crippen molar-refractivity contribution in [3.63, 3.8) is 0 Å². The lowest BCUT2D eigenvalue weighted by atomic mass is 9.90. The highest BCUT2D eigenvalue weighted by Crippen LogP contribution is 2.35. The fourth-order valence-corrected chi connectivity index (χ4v) is 2.44. The number of aliphatic carboxylic acids is 1. The molecule has 1 aromatic rings. The molecule has 2 N–H and O–H groups in total. The second-order valence-corrected chi connectivity index (χ2v) is 8.12. The lowest BCUT2D eigenvalue weighted by Gasteiger charge is -2.27. The molecule has 0 unspecified atom stereocenters. The predicted molar refractivity (Wildman–Crippen MR) is 114 cm³/mol. The molecule has 0 aliphatic heterocycles. The van der Waals surface area contributed by atoms with Crippen molar-refractivity contribution in [2.24, 2.45) is 5.41 Å². The summed E-state index contributed by atoms with van der Waals surface area (Å²) in [6, 6.07) is 2.64. The number of hydrogen-bond acceptors (Lipinski definition) is 7. The molecule has 1 amide bonds. The number of nitrogens with zero attached hydrogens (tertiary/aromatic N) is 1. The molecule has 0 saturated heterocycles. The van der Waals surface area contributed by atoms with E-state index >= 15 is 0 Å². The molecule has 0 saturated carbocycles. The molecule has 0 aliphatic rings. The number of ether oxygens (including phenoxy) is 3. The van der Waals surface area contributed by atoms with Crippen molar-refractivity contribution in [3.05, 3.63) is 33.9 Å². The number of methoxy groups -OCH3 is 2.